The molecule has 2 rings (SSSR count). The SMILES string of the molecule is Cc1cc(C=O)ccc1OCCn1c(O)csc1=O. The average molecular weight is 279 g/mol. The Morgan fingerprint density at radius 1 is 1.47 bits per heavy atom. The van der Waals surface area contributed by atoms with Crippen molar-refractivity contribution in [2.24, 2.45) is 0 Å². The maximum atomic E-state index is 11.4. The van der Waals surface area contributed by atoms with Crippen molar-refractivity contribution in [3.05, 3.63) is 44.4 Å². The van der Waals surface area contributed by atoms with Crippen LogP contribution < -0.4 is 9.61 Å². The summed E-state index contributed by atoms with van der Waals surface area (Å²) in [5.41, 5.74) is 1.45. The van der Waals surface area contributed by atoms with Crippen molar-refractivity contribution in [1.29, 1.82) is 0 Å². The van der Waals surface area contributed by atoms with E-state index in [1.807, 2.05) is 6.92 Å². The predicted molar refractivity (Wildman–Crippen MR) is 72.3 cm³/mol. The smallest absolute Gasteiger partial charge is 0.310 e. The Morgan fingerprint density at radius 2 is 2.26 bits per heavy atom. The highest BCUT2D eigenvalue weighted by atomic mass is 32.1. The molecule has 0 radical (unpaired) electrons. The minimum Gasteiger partial charge on any atom is -0.494 e. The number of ether oxygens (including phenoxy) is 1. The number of aromatic nitrogens is 1. The van der Waals surface area contributed by atoms with Crippen molar-refractivity contribution in [1.82, 2.24) is 4.57 Å². The van der Waals surface area contributed by atoms with Gasteiger partial charge in [0.05, 0.1) is 11.9 Å². The Labute approximate surface area is 113 Å². The lowest BCUT2D eigenvalue weighted by Crippen LogP contribution is -2.17. The predicted octanol–water partition coefficient (Wildman–Crippen LogP) is 1.82. The van der Waals surface area contributed by atoms with Crippen LogP contribution in [0, 0.1) is 6.92 Å². The Kier molecular flexibility index (Phi) is 4.01. The minimum atomic E-state index is -0.214. The Morgan fingerprint density at radius 3 is 2.84 bits per heavy atom. The van der Waals surface area contributed by atoms with E-state index in [4.69, 9.17) is 4.74 Å². The van der Waals surface area contributed by atoms with E-state index in [0.29, 0.717) is 11.3 Å². The van der Waals surface area contributed by atoms with Crippen molar-refractivity contribution in [2.75, 3.05) is 6.61 Å². The Bertz CT molecular complexity index is 644. The molecule has 1 aromatic heterocycles. The Hall–Kier alpha value is -2.08. The summed E-state index contributed by atoms with van der Waals surface area (Å²) in [5, 5.41) is 10.8. The van der Waals surface area contributed by atoms with E-state index in [0.717, 1.165) is 23.2 Å². The van der Waals surface area contributed by atoms with Gasteiger partial charge in [-0.15, -0.1) is 0 Å². The van der Waals surface area contributed by atoms with Crippen LogP contribution in [0.3, 0.4) is 0 Å². The van der Waals surface area contributed by atoms with Gasteiger partial charge in [0.25, 0.3) is 0 Å². The monoisotopic (exact) mass is 279 g/mol. The number of benzene rings is 1. The zero-order chi connectivity index (χ0) is 13.8. The number of hydrogen-bond donors (Lipinski definition) is 1. The molecule has 0 unspecified atom stereocenters. The zero-order valence-corrected chi connectivity index (χ0v) is 11.1. The van der Waals surface area contributed by atoms with Gasteiger partial charge in [-0.3, -0.25) is 14.2 Å². The molecule has 1 heterocycles. The highest BCUT2D eigenvalue weighted by Crippen LogP contribution is 2.18. The summed E-state index contributed by atoms with van der Waals surface area (Å²) in [6.45, 7) is 2.39. The first kappa shape index (κ1) is 13.4. The van der Waals surface area contributed by atoms with Gasteiger partial charge in [0, 0.05) is 5.56 Å². The van der Waals surface area contributed by atoms with Gasteiger partial charge in [0.2, 0.25) is 5.88 Å². The van der Waals surface area contributed by atoms with Gasteiger partial charge in [-0.1, -0.05) is 11.3 Å². The second kappa shape index (κ2) is 5.71. The van der Waals surface area contributed by atoms with E-state index >= 15 is 0 Å². The third-order valence-electron chi connectivity index (χ3n) is 2.67. The summed E-state index contributed by atoms with van der Waals surface area (Å²) < 4.78 is 6.79. The number of nitrogens with zero attached hydrogens (tertiary/aromatic N) is 1. The van der Waals surface area contributed by atoms with Crippen LogP contribution in [-0.4, -0.2) is 22.6 Å². The zero-order valence-electron chi connectivity index (χ0n) is 10.3. The maximum Gasteiger partial charge on any atom is 0.310 e. The van der Waals surface area contributed by atoms with Gasteiger partial charge < -0.3 is 9.84 Å². The van der Waals surface area contributed by atoms with Crippen LogP contribution in [-0.2, 0) is 6.54 Å². The molecule has 0 amide bonds. The van der Waals surface area contributed by atoms with E-state index in [2.05, 4.69) is 0 Å². The van der Waals surface area contributed by atoms with Gasteiger partial charge in [-0.25, -0.2) is 0 Å². The van der Waals surface area contributed by atoms with Gasteiger partial charge in [0.1, 0.15) is 18.6 Å². The van der Waals surface area contributed by atoms with Crippen molar-refractivity contribution in [2.45, 2.75) is 13.5 Å². The molecule has 6 heteroatoms. The second-order valence-corrected chi connectivity index (χ2v) is 4.82. The normalized spacial score (nSPS) is 10.4. The molecular weight excluding hydrogens is 266 g/mol. The average Bonchev–Trinajstić information content (AvgIpc) is 2.72. The first-order valence-electron chi connectivity index (χ1n) is 5.67. The third kappa shape index (κ3) is 3.03. The summed E-state index contributed by atoms with van der Waals surface area (Å²) >= 11 is 0.948. The number of thiazole rings is 1. The number of aldehydes is 1. The van der Waals surface area contributed by atoms with E-state index in [9.17, 15) is 14.7 Å². The van der Waals surface area contributed by atoms with Crippen LogP contribution in [0.25, 0.3) is 0 Å². The summed E-state index contributed by atoms with van der Waals surface area (Å²) in [4.78, 5) is 21.8. The third-order valence-corrected chi connectivity index (χ3v) is 3.42. The van der Waals surface area contributed by atoms with Gasteiger partial charge in [-0.05, 0) is 30.7 Å². The largest absolute Gasteiger partial charge is 0.494 e. The number of aryl methyl sites for hydroxylation is 1. The molecule has 0 fully saturated rings. The number of aromatic hydroxyl groups is 1. The van der Waals surface area contributed by atoms with Crippen LogP contribution in [0.4, 0.5) is 0 Å². The van der Waals surface area contributed by atoms with Crippen molar-refractivity contribution < 1.29 is 14.6 Å². The molecular formula is C13H13NO4S. The topological polar surface area (TPSA) is 68.5 Å². The molecule has 0 atom stereocenters. The standard InChI is InChI=1S/C13H13NO4S/c1-9-6-10(7-15)2-3-11(9)18-5-4-14-12(16)8-19-13(14)17/h2-3,6-8,16H,4-5H2,1H3. The van der Waals surface area contributed by atoms with Crippen LogP contribution in [0.1, 0.15) is 15.9 Å². The number of rotatable bonds is 5. The van der Waals surface area contributed by atoms with E-state index in [1.165, 1.54) is 9.95 Å². The molecule has 19 heavy (non-hydrogen) atoms. The fourth-order valence-corrected chi connectivity index (χ4v) is 2.33. The molecule has 0 aliphatic heterocycles. The first-order valence-corrected chi connectivity index (χ1v) is 6.55. The molecule has 0 spiro atoms. The molecule has 5 nitrogen and oxygen atoms in total. The first-order chi connectivity index (χ1) is 9.11. The molecule has 0 saturated heterocycles. The minimum absolute atomic E-state index is 0.0494. The second-order valence-electron chi connectivity index (χ2n) is 4.00. The van der Waals surface area contributed by atoms with E-state index < -0.39 is 0 Å². The lowest BCUT2D eigenvalue weighted by Gasteiger charge is -2.09. The van der Waals surface area contributed by atoms with Gasteiger partial charge in [0.15, 0.2) is 0 Å². The molecule has 0 saturated carbocycles. The maximum absolute atomic E-state index is 11.4. The van der Waals surface area contributed by atoms with Crippen LogP contribution in [0.5, 0.6) is 11.6 Å². The molecule has 1 N–H and O–H groups in total. The Balaban J connectivity index is 2.00. The van der Waals surface area contributed by atoms with Crippen molar-refractivity contribution in [3.8, 4) is 11.6 Å². The van der Waals surface area contributed by atoms with Crippen molar-refractivity contribution in [3.63, 3.8) is 0 Å². The molecule has 0 bridgehead atoms. The van der Waals surface area contributed by atoms with E-state index in [-0.39, 0.29) is 23.9 Å². The van der Waals surface area contributed by atoms with Crippen molar-refractivity contribution >= 4 is 17.6 Å². The summed E-state index contributed by atoms with van der Waals surface area (Å²) in [6.07, 6.45) is 0.778. The molecule has 100 valence electrons. The van der Waals surface area contributed by atoms with Gasteiger partial charge in [-0.2, -0.15) is 0 Å². The molecule has 0 aliphatic carbocycles. The fraction of sp³-hybridized carbons (Fsp3) is 0.231. The summed E-state index contributed by atoms with van der Waals surface area (Å²) in [7, 11) is 0. The highest BCUT2D eigenvalue weighted by Gasteiger charge is 2.06. The molecule has 2 aromatic rings. The summed E-state index contributed by atoms with van der Waals surface area (Å²) in [5.74, 6) is 0.611. The molecule has 1 aromatic carbocycles. The highest BCUT2D eigenvalue weighted by molar-refractivity contribution is 7.07. The number of carbonyl (C=O) groups excluding carboxylic acids is 1. The molecule has 0 aliphatic rings. The number of hydrogen-bond acceptors (Lipinski definition) is 5. The number of carbonyl (C=O) groups is 1. The van der Waals surface area contributed by atoms with Crippen LogP contribution in [0.15, 0.2) is 28.4 Å². The van der Waals surface area contributed by atoms with Crippen LogP contribution >= 0.6 is 11.3 Å². The van der Waals surface area contributed by atoms with Crippen LogP contribution in [0.2, 0.25) is 0 Å². The lowest BCUT2D eigenvalue weighted by molar-refractivity contribution is 0.112. The lowest BCUT2D eigenvalue weighted by atomic mass is 10.1. The quantitative estimate of drug-likeness (QED) is 0.848. The fourth-order valence-electron chi connectivity index (χ4n) is 1.68. The van der Waals surface area contributed by atoms with E-state index in [1.54, 1.807) is 18.2 Å². The van der Waals surface area contributed by atoms with Gasteiger partial charge >= 0.3 is 4.87 Å². The summed E-state index contributed by atoms with van der Waals surface area (Å²) in [6, 6.07) is 5.12.